The first kappa shape index (κ1) is 21.8. The minimum atomic E-state index is -5.73. The van der Waals surface area contributed by atoms with Crippen LogP contribution in [-0.2, 0) is 16.6 Å². The van der Waals surface area contributed by atoms with E-state index in [0.29, 0.717) is 5.56 Å². The molecule has 0 unspecified atom stereocenters. The number of nitrogens with zero attached hydrogens (tertiary/aromatic N) is 4. The Morgan fingerprint density at radius 2 is 1.81 bits per heavy atom. The van der Waals surface area contributed by atoms with E-state index >= 15 is 0 Å². The minimum Gasteiger partial charge on any atom is -0.383 e. The Balaban J connectivity index is 1.81. The maximum absolute atomic E-state index is 13.8. The fourth-order valence-electron chi connectivity index (χ4n) is 3.54. The third-order valence-electron chi connectivity index (χ3n) is 5.32. The molecule has 4 heterocycles. The first-order chi connectivity index (χ1) is 14.7. The van der Waals surface area contributed by atoms with Gasteiger partial charge in [-0.1, -0.05) is 0 Å². The minimum absolute atomic E-state index is 0.0104. The average molecular weight is 458 g/mol. The van der Waals surface area contributed by atoms with Crippen molar-refractivity contribution in [1.29, 1.82) is 0 Å². The number of alkyl halides is 5. The molecule has 3 aromatic heterocycles. The number of imidazole rings is 1. The smallest absolute Gasteiger partial charge is 0.383 e. The van der Waals surface area contributed by atoms with Crippen LogP contribution < -0.4 is 11.1 Å². The summed E-state index contributed by atoms with van der Waals surface area (Å²) in [5.41, 5.74) is 5.55. The number of amides is 1. The number of carbonyl (C=O) groups is 1. The van der Waals surface area contributed by atoms with Crippen LogP contribution in [0.4, 0.5) is 38.0 Å². The lowest BCUT2D eigenvalue weighted by molar-refractivity contribution is -0.284. The van der Waals surface area contributed by atoms with Crippen molar-refractivity contribution in [3.05, 3.63) is 35.5 Å². The van der Waals surface area contributed by atoms with Crippen LogP contribution in [0.25, 0.3) is 17.0 Å². The van der Waals surface area contributed by atoms with Crippen LogP contribution in [0.2, 0.25) is 0 Å². The molecular weight excluding hydrogens is 442 g/mol. The predicted octanol–water partition coefficient (Wildman–Crippen LogP) is 3.87. The molecule has 3 aromatic rings. The Kier molecular flexibility index (Phi) is 4.65. The largest absolute Gasteiger partial charge is 0.453 e. The second kappa shape index (κ2) is 6.81. The number of nitrogens with one attached hydrogen (secondary N) is 1. The topological polar surface area (TPSA) is 98.2 Å². The average Bonchev–Trinajstić information content (AvgIpc) is 3.13. The van der Waals surface area contributed by atoms with Gasteiger partial charge in [0.05, 0.1) is 16.5 Å². The monoisotopic (exact) mass is 458 g/mol. The molecule has 1 aliphatic rings. The molecule has 0 atom stereocenters. The molecule has 0 aromatic carbocycles. The normalized spacial score (nSPS) is 15.8. The van der Waals surface area contributed by atoms with Crippen molar-refractivity contribution < 1.29 is 31.1 Å². The number of pyridine rings is 1. The molecule has 0 saturated heterocycles. The number of halogens is 6. The highest BCUT2D eigenvalue weighted by atomic mass is 19.4. The molecule has 7 nitrogen and oxygen atoms in total. The molecule has 4 rings (SSSR count). The first-order valence-corrected chi connectivity index (χ1v) is 9.33. The first-order valence-electron chi connectivity index (χ1n) is 9.33. The van der Waals surface area contributed by atoms with E-state index in [4.69, 9.17) is 5.73 Å². The summed E-state index contributed by atoms with van der Waals surface area (Å²) in [6, 6.07) is 2.33. The van der Waals surface area contributed by atoms with Crippen LogP contribution in [-0.4, -0.2) is 37.4 Å². The highest BCUT2D eigenvalue weighted by Crippen LogP contribution is 2.41. The van der Waals surface area contributed by atoms with Crippen molar-refractivity contribution in [3.8, 4) is 11.5 Å². The second-order valence-corrected chi connectivity index (χ2v) is 7.92. The molecule has 1 aliphatic heterocycles. The SMILES string of the molecule is CC1(C)C(=O)Nc2nc(-c3nc(CCC(F)(F)C(F)(F)F)n4cc(F)ccc34)nc(N)c21. The van der Waals surface area contributed by atoms with Gasteiger partial charge in [0.25, 0.3) is 0 Å². The van der Waals surface area contributed by atoms with Gasteiger partial charge in [-0.2, -0.15) is 22.0 Å². The van der Waals surface area contributed by atoms with Gasteiger partial charge in [0.2, 0.25) is 5.91 Å². The summed E-state index contributed by atoms with van der Waals surface area (Å²) in [6.45, 7) is 3.25. The van der Waals surface area contributed by atoms with Crippen LogP contribution in [0, 0.1) is 5.82 Å². The van der Waals surface area contributed by atoms with Crippen LogP contribution in [0.5, 0.6) is 0 Å². The Morgan fingerprint density at radius 1 is 1.12 bits per heavy atom. The molecule has 32 heavy (non-hydrogen) atoms. The maximum atomic E-state index is 13.8. The van der Waals surface area contributed by atoms with Crippen LogP contribution in [0.3, 0.4) is 0 Å². The van der Waals surface area contributed by atoms with E-state index in [0.717, 1.165) is 16.7 Å². The zero-order valence-electron chi connectivity index (χ0n) is 16.7. The molecule has 0 fully saturated rings. The van der Waals surface area contributed by atoms with E-state index in [1.165, 1.54) is 6.07 Å². The molecule has 170 valence electrons. The molecule has 13 heteroatoms. The summed E-state index contributed by atoms with van der Waals surface area (Å²) in [6.07, 6.45) is -7.20. The predicted molar refractivity (Wildman–Crippen MR) is 102 cm³/mol. The summed E-state index contributed by atoms with van der Waals surface area (Å²) in [7, 11) is 0. The van der Waals surface area contributed by atoms with E-state index in [1.807, 2.05) is 0 Å². The number of rotatable bonds is 4. The number of carbonyl (C=O) groups excluding carboxylic acids is 1. The van der Waals surface area contributed by atoms with Gasteiger partial charge in [-0.15, -0.1) is 0 Å². The van der Waals surface area contributed by atoms with E-state index < -0.39 is 36.2 Å². The lowest BCUT2D eigenvalue weighted by atomic mass is 9.87. The van der Waals surface area contributed by atoms with Gasteiger partial charge in [-0.05, 0) is 26.0 Å². The molecule has 0 radical (unpaired) electrons. The summed E-state index contributed by atoms with van der Waals surface area (Å²) in [5, 5.41) is 2.58. The molecule has 0 aliphatic carbocycles. The van der Waals surface area contributed by atoms with Crippen molar-refractivity contribution in [2.24, 2.45) is 0 Å². The number of anilines is 2. The van der Waals surface area contributed by atoms with E-state index in [-0.39, 0.29) is 40.4 Å². The molecule has 1 amide bonds. The van der Waals surface area contributed by atoms with E-state index in [1.54, 1.807) is 13.8 Å². The Labute approximate surface area is 176 Å². The number of hydrogen-bond acceptors (Lipinski definition) is 5. The van der Waals surface area contributed by atoms with Gasteiger partial charge in [0.1, 0.15) is 29.0 Å². The summed E-state index contributed by atoms with van der Waals surface area (Å²) >= 11 is 0. The number of hydrogen-bond donors (Lipinski definition) is 2. The van der Waals surface area contributed by atoms with Gasteiger partial charge >= 0.3 is 12.1 Å². The number of fused-ring (bicyclic) bond motifs is 2. The lowest BCUT2D eigenvalue weighted by Crippen LogP contribution is -2.36. The summed E-state index contributed by atoms with van der Waals surface area (Å²) < 4.78 is 79.3. The zero-order valence-corrected chi connectivity index (χ0v) is 16.7. The molecule has 3 N–H and O–H groups in total. The van der Waals surface area contributed by atoms with Crippen LogP contribution in [0.1, 0.15) is 31.7 Å². The fourth-order valence-corrected chi connectivity index (χ4v) is 3.54. The van der Waals surface area contributed by atoms with Gasteiger partial charge < -0.3 is 15.5 Å². The highest BCUT2D eigenvalue weighted by molar-refractivity contribution is 6.06. The number of aromatic nitrogens is 4. The van der Waals surface area contributed by atoms with Crippen LogP contribution in [0.15, 0.2) is 18.3 Å². The quantitative estimate of drug-likeness (QED) is 0.579. The van der Waals surface area contributed by atoms with Crippen molar-refractivity contribution in [3.63, 3.8) is 0 Å². The van der Waals surface area contributed by atoms with E-state index in [2.05, 4.69) is 20.3 Å². The lowest BCUT2D eigenvalue weighted by Gasteiger charge is -2.18. The summed E-state index contributed by atoms with van der Waals surface area (Å²) in [4.78, 5) is 24.7. The van der Waals surface area contributed by atoms with Gasteiger partial charge in [-0.3, -0.25) is 4.79 Å². The Bertz CT molecular complexity index is 1250. The Morgan fingerprint density at radius 3 is 2.47 bits per heavy atom. The maximum Gasteiger partial charge on any atom is 0.453 e. The van der Waals surface area contributed by atoms with Gasteiger partial charge in [0, 0.05) is 19.0 Å². The van der Waals surface area contributed by atoms with Gasteiger partial charge in [0.15, 0.2) is 5.82 Å². The third kappa shape index (κ3) is 3.31. The molecule has 0 saturated carbocycles. The van der Waals surface area contributed by atoms with Crippen molar-refractivity contribution in [1.82, 2.24) is 19.4 Å². The fraction of sp³-hybridized carbons (Fsp3) is 0.368. The second-order valence-electron chi connectivity index (χ2n) is 7.92. The standard InChI is InChI=1S/C19H16F6N6O/c1-17(2)11-13(26)28-15(29-14(11)30-16(17)32)12-9-4-3-8(20)7-31(9)10(27-12)5-6-18(21,22)19(23,24)25/h3-4,7H,5-6H2,1-2H3,(H3,26,28,29,30,32). The molecule has 0 bridgehead atoms. The van der Waals surface area contributed by atoms with Gasteiger partial charge in [-0.25, -0.2) is 19.3 Å². The van der Waals surface area contributed by atoms with Crippen molar-refractivity contribution in [2.45, 2.75) is 44.2 Å². The van der Waals surface area contributed by atoms with Crippen LogP contribution >= 0.6 is 0 Å². The number of nitrogen functional groups attached to an aromatic ring is 1. The van der Waals surface area contributed by atoms with Crippen molar-refractivity contribution in [2.75, 3.05) is 11.1 Å². The molecule has 0 spiro atoms. The van der Waals surface area contributed by atoms with Crippen molar-refractivity contribution >= 4 is 23.1 Å². The third-order valence-corrected chi connectivity index (χ3v) is 5.32. The number of nitrogens with two attached hydrogens (primary N) is 1. The van der Waals surface area contributed by atoms with E-state index in [9.17, 15) is 31.1 Å². The summed E-state index contributed by atoms with van der Waals surface area (Å²) in [5.74, 6) is -6.30. The number of aryl methyl sites for hydroxylation is 1. The zero-order chi connectivity index (χ0) is 23.6. The Hall–Kier alpha value is -3.38. The highest BCUT2D eigenvalue weighted by Gasteiger charge is 2.56. The molecular formula is C19H16F6N6O.